The first-order valence-corrected chi connectivity index (χ1v) is 7.22. The van der Waals surface area contributed by atoms with E-state index in [0.717, 1.165) is 22.5 Å². The second kappa shape index (κ2) is 4.80. The average Bonchev–Trinajstić information content (AvgIpc) is 3.09. The van der Waals surface area contributed by atoms with Crippen LogP contribution in [0.5, 0.6) is 0 Å². The van der Waals surface area contributed by atoms with E-state index in [2.05, 4.69) is 20.3 Å². The molecule has 0 spiro atoms. The predicted octanol–water partition coefficient (Wildman–Crippen LogP) is 3.91. The zero-order chi connectivity index (χ0) is 17.1. The minimum absolute atomic E-state index is 0.0248. The van der Waals surface area contributed by atoms with Crippen LogP contribution in [0.1, 0.15) is 17.0 Å². The lowest BCUT2D eigenvalue weighted by atomic mass is 9.97. The molecular formula is C16H12F3N5. The summed E-state index contributed by atoms with van der Waals surface area (Å²) in [4.78, 5) is 4.19. The Morgan fingerprint density at radius 2 is 1.96 bits per heavy atom. The highest BCUT2D eigenvalue weighted by molar-refractivity contribution is 5.91. The van der Waals surface area contributed by atoms with Gasteiger partial charge in [-0.1, -0.05) is 0 Å². The fourth-order valence-electron chi connectivity index (χ4n) is 2.95. The predicted molar refractivity (Wildman–Crippen MR) is 82.6 cm³/mol. The SMILES string of the molecule is Cc1nc2c(-c3cc(C)c4[nH]ncc4c3)c(C(F)(F)F)ccn2n1. The summed E-state index contributed by atoms with van der Waals surface area (Å²) in [5.41, 5.74) is 1.53. The van der Waals surface area contributed by atoms with Gasteiger partial charge in [0.1, 0.15) is 5.82 Å². The summed E-state index contributed by atoms with van der Waals surface area (Å²) >= 11 is 0. The standard InChI is InChI=1S/C16H12F3N5/c1-8-5-10(6-11-7-20-22-14(8)11)13-12(16(17,18)19)3-4-24-15(13)21-9(2)23-24/h3-7H,1-2H3,(H,20,22). The molecule has 0 saturated carbocycles. The topological polar surface area (TPSA) is 58.9 Å². The van der Waals surface area contributed by atoms with Crippen molar-refractivity contribution >= 4 is 16.6 Å². The molecule has 3 aromatic heterocycles. The third kappa shape index (κ3) is 2.14. The van der Waals surface area contributed by atoms with Crippen molar-refractivity contribution in [2.75, 3.05) is 0 Å². The number of nitrogens with one attached hydrogen (secondary N) is 1. The van der Waals surface area contributed by atoms with Crippen LogP contribution in [0.2, 0.25) is 0 Å². The van der Waals surface area contributed by atoms with E-state index in [9.17, 15) is 13.2 Å². The highest BCUT2D eigenvalue weighted by Gasteiger charge is 2.35. The minimum atomic E-state index is -4.49. The number of aryl methyl sites for hydroxylation is 2. The Balaban J connectivity index is 2.12. The first-order chi connectivity index (χ1) is 11.3. The molecule has 4 rings (SSSR count). The van der Waals surface area contributed by atoms with Crippen LogP contribution in [0.3, 0.4) is 0 Å². The number of hydrogen-bond donors (Lipinski definition) is 1. The van der Waals surface area contributed by atoms with Crippen molar-refractivity contribution in [3.05, 3.63) is 47.5 Å². The van der Waals surface area contributed by atoms with E-state index in [1.807, 2.05) is 6.92 Å². The van der Waals surface area contributed by atoms with Crippen molar-refractivity contribution in [2.45, 2.75) is 20.0 Å². The molecule has 0 aliphatic carbocycles. The van der Waals surface area contributed by atoms with Gasteiger partial charge in [0.15, 0.2) is 5.65 Å². The van der Waals surface area contributed by atoms with Gasteiger partial charge < -0.3 is 0 Å². The van der Waals surface area contributed by atoms with Gasteiger partial charge in [-0.25, -0.2) is 9.50 Å². The normalized spacial score (nSPS) is 12.4. The molecule has 0 amide bonds. The number of rotatable bonds is 1. The largest absolute Gasteiger partial charge is 0.417 e. The molecule has 122 valence electrons. The lowest BCUT2D eigenvalue weighted by molar-refractivity contribution is -0.137. The Morgan fingerprint density at radius 1 is 1.17 bits per heavy atom. The molecule has 0 aliphatic rings. The summed E-state index contributed by atoms with van der Waals surface area (Å²) in [5.74, 6) is 0.414. The zero-order valence-corrected chi connectivity index (χ0v) is 12.8. The Kier molecular flexibility index (Phi) is 2.93. The number of nitrogens with zero attached hydrogens (tertiary/aromatic N) is 4. The summed E-state index contributed by atoms with van der Waals surface area (Å²) in [5, 5.41) is 11.7. The zero-order valence-electron chi connectivity index (χ0n) is 12.8. The van der Waals surface area contributed by atoms with E-state index in [1.165, 1.54) is 10.7 Å². The second-order valence-corrected chi connectivity index (χ2v) is 5.66. The molecule has 0 unspecified atom stereocenters. The van der Waals surface area contributed by atoms with E-state index < -0.39 is 11.7 Å². The minimum Gasteiger partial charge on any atom is -0.278 e. The van der Waals surface area contributed by atoms with Crippen LogP contribution in [-0.4, -0.2) is 24.8 Å². The van der Waals surface area contributed by atoms with Crippen molar-refractivity contribution in [1.82, 2.24) is 24.8 Å². The maximum Gasteiger partial charge on any atom is 0.417 e. The molecule has 1 aromatic carbocycles. The molecule has 8 heteroatoms. The number of halogens is 3. The monoisotopic (exact) mass is 331 g/mol. The van der Waals surface area contributed by atoms with Crippen molar-refractivity contribution in [3.8, 4) is 11.1 Å². The maximum absolute atomic E-state index is 13.5. The van der Waals surface area contributed by atoms with E-state index in [0.29, 0.717) is 11.4 Å². The number of aromatic nitrogens is 5. The van der Waals surface area contributed by atoms with Crippen molar-refractivity contribution in [3.63, 3.8) is 0 Å². The summed E-state index contributed by atoms with van der Waals surface area (Å²) in [6, 6.07) is 4.42. The second-order valence-electron chi connectivity index (χ2n) is 5.66. The first kappa shape index (κ1) is 14.7. The third-order valence-electron chi connectivity index (χ3n) is 3.95. The lowest BCUT2D eigenvalue weighted by Gasteiger charge is -2.14. The lowest BCUT2D eigenvalue weighted by Crippen LogP contribution is -2.09. The van der Waals surface area contributed by atoms with Gasteiger partial charge in [-0.15, -0.1) is 0 Å². The molecule has 0 atom stereocenters. The Bertz CT molecular complexity index is 1070. The number of H-pyrrole nitrogens is 1. The molecule has 0 fully saturated rings. The smallest absolute Gasteiger partial charge is 0.278 e. The molecule has 0 radical (unpaired) electrons. The molecule has 24 heavy (non-hydrogen) atoms. The van der Waals surface area contributed by atoms with Crippen LogP contribution < -0.4 is 0 Å². The number of hydrogen-bond acceptors (Lipinski definition) is 3. The fraction of sp³-hybridized carbons (Fsp3) is 0.188. The van der Waals surface area contributed by atoms with Gasteiger partial charge in [0.2, 0.25) is 0 Å². The molecule has 0 aliphatic heterocycles. The van der Waals surface area contributed by atoms with Gasteiger partial charge in [-0.2, -0.15) is 23.4 Å². The van der Waals surface area contributed by atoms with E-state index in [1.54, 1.807) is 25.3 Å². The summed E-state index contributed by atoms with van der Waals surface area (Å²) in [7, 11) is 0. The maximum atomic E-state index is 13.5. The number of fused-ring (bicyclic) bond motifs is 2. The van der Waals surface area contributed by atoms with Crippen LogP contribution in [0, 0.1) is 13.8 Å². The molecule has 3 heterocycles. The van der Waals surface area contributed by atoms with Crippen molar-refractivity contribution in [2.24, 2.45) is 0 Å². The molecule has 0 saturated heterocycles. The van der Waals surface area contributed by atoms with Crippen LogP contribution in [0.15, 0.2) is 30.6 Å². The Hall–Kier alpha value is -2.90. The molecular weight excluding hydrogens is 319 g/mol. The summed E-state index contributed by atoms with van der Waals surface area (Å²) in [6.45, 7) is 3.47. The molecule has 5 nitrogen and oxygen atoms in total. The summed E-state index contributed by atoms with van der Waals surface area (Å²) in [6.07, 6.45) is -1.62. The van der Waals surface area contributed by atoms with Crippen LogP contribution >= 0.6 is 0 Å². The molecule has 0 bridgehead atoms. The van der Waals surface area contributed by atoms with Gasteiger partial charge in [-0.3, -0.25) is 5.10 Å². The van der Waals surface area contributed by atoms with Gasteiger partial charge in [0, 0.05) is 17.1 Å². The van der Waals surface area contributed by atoms with Crippen LogP contribution in [0.4, 0.5) is 13.2 Å². The van der Waals surface area contributed by atoms with E-state index in [-0.39, 0.29) is 11.2 Å². The Morgan fingerprint density at radius 3 is 2.71 bits per heavy atom. The van der Waals surface area contributed by atoms with Crippen molar-refractivity contribution in [1.29, 1.82) is 0 Å². The van der Waals surface area contributed by atoms with Crippen molar-refractivity contribution < 1.29 is 13.2 Å². The van der Waals surface area contributed by atoms with Crippen LogP contribution in [0.25, 0.3) is 27.7 Å². The number of benzene rings is 1. The van der Waals surface area contributed by atoms with Gasteiger partial charge >= 0.3 is 6.18 Å². The van der Waals surface area contributed by atoms with Gasteiger partial charge in [-0.05, 0) is 43.2 Å². The van der Waals surface area contributed by atoms with Gasteiger partial charge in [0.25, 0.3) is 0 Å². The number of pyridine rings is 1. The third-order valence-corrected chi connectivity index (χ3v) is 3.95. The average molecular weight is 331 g/mol. The highest BCUT2D eigenvalue weighted by Crippen LogP contribution is 2.40. The van der Waals surface area contributed by atoms with E-state index >= 15 is 0 Å². The highest BCUT2D eigenvalue weighted by atomic mass is 19.4. The van der Waals surface area contributed by atoms with E-state index in [4.69, 9.17) is 0 Å². The number of aromatic amines is 1. The molecule has 1 N–H and O–H groups in total. The molecule has 4 aromatic rings. The first-order valence-electron chi connectivity index (χ1n) is 7.22. The van der Waals surface area contributed by atoms with Gasteiger partial charge in [0.05, 0.1) is 17.3 Å². The van der Waals surface area contributed by atoms with Crippen LogP contribution in [-0.2, 0) is 6.18 Å². The number of alkyl halides is 3. The Labute approximate surface area is 134 Å². The summed E-state index contributed by atoms with van der Waals surface area (Å²) < 4.78 is 42.0. The quantitative estimate of drug-likeness (QED) is 0.575. The fourth-order valence-corrected chi connectivity index (χ4v) is 2.95.